The number of methoxy groups -OCH3 is 1. The minimum Gasteiger partial charge on any atom is -0.493 e. The third kappa shape index (κ3) is 7.26. The molecule has 7 heteroatoms. The first-order valence-corrected chi connectivity index (χ1v) is 9.46. The maximum absolute atomic E-state index is 11.3. The highest BCUT2D eigenvalue weighted by Gasteiger charge is 2.08. The van der Waals surface area contributed by atoms with Gasteiger partial charge in [0.1, 0.15) is 19.6 Å². The number of carbonyl (C=O) groups excluding carboxylic acids is 1. The molecule has 29 heavy (non-hydrogen) atoms. The summed E-state index contributed by atoms with van der Waals surface area (Å²) in [6, 6.07) is 15.0. The van der Waals surface area contributed by atoms with Gasteiger partial charge < -0.3 is 24.3 Å². The van der Waals surface area contributed by atoms with Crippen molar-refractivity contribution in [1.82, 2.24) is 5.32 Å². The first kappa shape index (κ1) is 21.9. The van der Waals surface area contributed by atoms with Crippen LogP contribution in [0.5, 0.6) is 23.0 Å². The summed E-state index contributed by atoms with van der Waals surface area (Å²) in [7, 11) is 1.58. The second-order valence-electron chi connectivity index (χ2n) is 6.00. The van der Waals surface area contributed by atoms with E-state index in [0.717, 1.165) is 5.56 Å². The fourth-order valence-electron chi connectivity index (χ4n) is 2.61. The number of hydrogen-bond donors (Lipinski definition) is 1. The zero-order chi connectivity index (χ0) is 20.9. The quantitative estimate of drug-likeness (QED) is 0.553. The summed E-state index contributed by atoms with van der Waals surface area (Å²) < 4.78 is 22.5. The molecule has 0 spiro atoms. The van der Waals surface area contributed by atoms with Gasteiger partial charge in [-0.05, 0) is 43.2 Å². The molecule has 0 radical (unpaired) electrons. The molecule has 0 aliphatic rings. The number of nitrogens with one attached hydrogen (secondary N) is 1. The van der Waals surface area contributed by atoms with Gasteiger partial charge in [0, 0.05) is 6.54 Å². The Balaban J connectivity index is 1.83. The maximum Gasteiger partial charge on any atom is 0.234 e. The third-order valence-electron chi connectivity index (χ3n) is 3.95. The van der Waals surface area contributed by atoms with Crippen LogP contribution in [0.15, 0.2) is 42.5 Å². The van der Waals surface area contributed by atoms with Crippen molar-refractivity contribution in [1.29, 1.82) is 5.26 Å². The molecule has 7 nitrogen and oxygen atoms in total. The molecule has 154 valence electrons. The topological polar surface area (TPSA) is 89.8 Å². The van der Waals surface area contributed by atoms with Gasteiger partial charge in [0.2, 0.25) is 5.91 Å². The standard InChI is InChI=1S/C22H26N2O5/c1-3-27-18-6-4-5-7-19(18)28-14-15-29-20-9-8-17(16-21(20)26-2)11-13-24-22(25)10-12-23/h4-9,16H,3,10-11,13-15H2,1-2H3,(H,24,25). The summed E-state index contributed by atoms with van der Waals surface area (Å²) in [6.45, 7) is 3.66. The van der Waals surface area contributed by atoms with E-state index in [1.54, 1.807) is 7.11 Å². The Morgan fingerprint density at radius 2 is 1.66 bits per heavy atom. The molecular weight excluding hydrogens is 372 g/mol. The minimum atomic E-state index is -0.273. The number of carbonyl (C=O) groups is 1. The van der Waals surface area contributed by atoms with Gasteiger partial charge >= 0.3 is 0 Å². The van der Waals surface area contributed by atoms with E-state index in [1.165, 1.54) is 0 Å². The van der Waals surface area contributed by atoms with Crippen molar-refractivity contribution in [2.45, 2.75) is 19.8 Å². The van der Waals surface area contributed by atoms with E-state index in [1.807, 2.05) is 55.5 Å². The van der Waals surface area contributed by atoms with E-state index in [0.29, 0.717) is 55.8 Å². The zero-order valence-electron chi connectivity index (χ0n) is 16.8. The highest BCUT2D eigenvalue weighted by atomic mass is 16.5. The molecule has 2 rings (SSSR count). The van der Waals surface area contributed by atoms with Crippen LogP contribution in [-0.2, 0) is 11.2 Å². The van der Waals surface area contributed by atoms with Crippen LogP contribution in [0.2, 0.25) is 0 Å². The van der Waals surface area contributed by atoms with Gasteiger partial charge in [0.15, 0.2) is 23.0 Å². The fourth-order valence-corrected chi connectivity index (χ4v) is 2.61. The number of rotatable bonds is 12. The molecule has 0 aliphatic heterocycles. The molecule has 0 aromatic heterocycles. The Morgan fingerprint density at radius 1 is 1.00 bits per heavy atom. The molecule has 2 aromatic carbocycles. The summed E-state index contributed by atoms with van der Waals surface area (Å²) in [6.07, 6.45) is 0.498. The van der Waals surface area contributed by atoms with E-state index in [9.17, 15) is 4.79 Å². The lowest BCUT2D eigenvalue weighted by Gasteiger charge is -2.14. The van der Waals surface area contributed by atoms with Crippen LogP contribution >= 0.6 is 0 Å². The van der Waals surface area contributed by atoms with Crippen LogP contribution < -0.4 is 24.3 Å². The number of hydrogen-bond acceptors (Lipinski definition) is 6. The zero-order valence-corrected chi connectivity index (χ0v) is 16.8. The monoisotopic (exact) mass is 398 g/mol. The van der Waals surface area contributed by atoms with Crippen LogP contribution in [-0.4, -0.2) is 39.4 Å². The van der Waals surface area contributed by atoms with Crippen LogP contribution in [0, 0.1) is 11.3 Å². The lowest BCUT2D eigenvalue weighted by Crippen LogP contribution is -2.24. The van der Waals surface area contributed by atoms with Crippen molar-refractivity contribution in [3.63, 3.8) is 0 Å². The SMILES string of the molecule is CCOc1ccccc1OCCOc1ccc(CCNC(=O)CC#N)cc1OC. The van der Waals surface area contributed by atoms with E-state index in [2.05, 4.69) is 5.32 Å². The van der Waals surface area contributed by atoms with Crippen molar-refractivity contribution in [3.8, 4) is 29.1 Å². The molecular formula is C22H26N2O5. The van der Waals surface area contributed by atoms with E-state index in [-0.39, 0.29) is 12.3 Å². The summed E-state index contributed by atoms with van der Waals surface area (Å²) in [5, 5.41) is 11.2. The van der Waals surface area contributed by atoms with Gasteiger partial charge in [-0.3, -0.25) is 4.79 Å². The van der Waals surface area contributed by atoms with Crippen LogP contribution in [0.25, 0.3) is 0 Å². The molecule has 2 aromatic rings. The van der Waals surface area contributed by atoms with Crippen molar-refractivity contribution < 1.29 is 23.7 Å². The first-order valence-electron chi connectivity index (χ1n) is 9.46. The summed E-state index contributed by atoms with van der Waals surface area (Å²) in [5.74, 6) is 2.34. The largest absolute Gasteiger partial charge is 0.493 e. The van der Waals surface area contributed by atoms with Gasteiger partial charge in [-0.2, -0.15) is 5.26 Å². The van der Waals surface area contributed by atoms with Gasteiger partial charge in [-0.25, -0.2) is 0 Å². The predicted molar refractivity (Wildman–Crippen MR) is 109 cm³/mol. The van der Waals surface area contributed by atoms with Crippen LogP contribution in [0.4, 0.5) is 0 Å². The Kier molecular flexibility index (Phi) is 9.16. The second-order valence-corrected chi connectivity index (χ2v) is 6.00. The molecule has 0 heterocycles. The lowest BCUT2D eigenvalue weighted by atomic mass is 10.1. The number of benzene rings is 2. The molecule has 1 N–H and O–H groups in total. The van der Waals surface area contributed by atoms with Crippen LogP contribution in [0.1, 0.15) is 18.9 Å². The summed E-state index contributed by atoms with van der Waals surface area (Å²) in [4.78, 5) is 11.3. The number of para-hydroxylation sites is 2. The minimum absolute atomic E-state index is 0.132. The van der Waals surface area contributed by atoms with Crippen molar-refractivity contribution in [2.75, 3.05) is 33.5 Å². The average molecular weight is 398 g/mol. The van der Waals surface area contributed by atoms with E-state index in [4.69, 9.17) is 24.2 Å². The molecule has 0 unspecified atom stereocenters. The van der Waals surface area contributed by atoms with Gasteiger partial charge in [0.05, 0.1) is 19.8 Å². The van der Waals surface area contributed by atoms with Crippen molar-refractivity contribution in [3.05, 3.63) is 48.0 Å². The highest BCUT2D eigenvalue weighted by Crippen LogP contribution is 2.29. The van der Waals surface area contributed by atoms with Gasteiger partial charge in [0.25, 0.3) is 0 Å². The Morgan fingerprint density at radius 3 is 2.28 bits per heavy atom. The Labute approximate surface area is 171 Å². The molecule has 0 saturated heterocycles. The third-order valence-corrected chi connectivity index (χ3v) is 3.95. The molecule has 0 bridgehead atoms. The normalized spacial score (nSPS) is 9.97. The molecule has 0 aliphatic carbocycles. The second kappa shape index (κ2) is 12.1. The Bertz CT molecular complexity index is 832. The number of ether oxygens (including phenoxy) is 4. The smallest absolute Gasteiger partial charge is 0.234 e. The lowest BCUT2D eigenvalue weighted by molar-refractivity contribution is -0.120. The summed E-state index contributed by atoms with van der Waals surface area (Å²) >= 11 is 0. The molecule has 0 atom stereocenters. The number of nitrogens with zero attached hydrogens (tertiary/aromatic N) is 1. The van der Waals surface area contributed by atoms with Gasteiger partial charge in [-0.15, -0.1) is 0 Å². The van der Waals surface area contributed by atoms with E-state index < -0.39 is 0 Å². The molecule has 0 fully saturated rings. The number of nitriles is 1. The average Bonchev–Trinajstić information content (AvgIpc) is 2.73. The Hall–Kier alpha value is -3.40. The molecule has 0 saturated carbocycles. The number of amides is 1. The van der Waals surface area contributed by atoms with Crippen molar-refractivity contribution >= 4 is 5.91 Å². The maximum atomic E-state index is 11.3. The fraction of sp³-hybridized carbons (Fsp3) is 0.364. The predicted octanol–water partition coefficient (Wildman–Crippen LogP) is 3.12. The van der Waals surface area contributed by atoms with Crippen LogP contribution in [0.3, 0.4) is 0 Å². The van der Waals surface area contributed by atoms with E-state index >= 15 is 0 Å². The first-order chi connectivity index (χ1) is 14.2. The molecule has 1 amide bonds. The van der Waals surface area contributed by atoms with Gasteiger partial charge in [-0.1, -0.05) is 18.2 Å². The summed E-state index contributed by atoms with van der Waals surface area (Å²) in [5.41, 5.74) is 0.994. The van der Waals surface area contributed by atoms with Crippen molar-refractivity contribution in [2.24, 2.45) is 0 Å². The highest BCUT2D eigenvalue weighted by molar-refractivity contribution is 5.77.